The van der Waals surface area contributed by atoms with E-state index in [4.69, 9.17) is 14.2 Å². The van der Waals surface area contributed by atoms with E-state index >= 15 is 0 Å². The second-order valence-electron chi connectivity index (χ2n) is 7.45. The van der Waals surface area contributed by atoms with E-state index in [1.165, 1.54) is 32.4 Å². The van der Waals surface area contributed by atoms with Crippen LogP contribution in [0.4, 0.5) is 5.69 Å². The fourth-order valence-electron chi connectivity index (χ4n) is 3.36. The van der Waals surface area contributed by atoms with Crippen molar-refractivity contribution in [1.82, 2.24) is 5.32 Å². The second kappa shape index (κ2) is 10.9. The van der Waals surface area contributed by atoms with E-state index in [9.17, 15) is 13.2 Å². The summed E-state index contributed by atoms with van der Waals surface area (Å²) >= 11 is 0. The van der Waals surface area contributed by atoms with Crippen molar-refractivity contribution in [3.63, 3.8) is 0 Å². The molecule has 34 heavy (non-hydrogen) atoms. The van der Waals surface area contributed by atoms with Crippen LogP contribution in [0.1, 0.15) is 11.1 Å². The van der Waals surface area contributed by atoms with E-state index in [2.05, 4.69) is 5.32 Å². The predicted molar refractivity (Wildman–Crippen MR) is 130 cm³/mol. The molecule has 0 bridgehead atoms. The van der Waals surface area contributed by atoms with Crippen LogP contribution in [0.25, 0.3) is 0 Å². The molecule has 0 aliphatic rings. The molecule has 8 nitrogen and oxygen atoms in total. The van der Waals surface area contributed by atoms with Gasteiger partial charge in [-0.1, -0.05) is 35.9 Å². The van der Waals surface area contributed by atoms with Crippen LogP contribution in [0.3, 0.4) is 0 Å². The number of ether oxygens (including phenoxy) is 3. The Kier molecular flexibility index (Phi) is 8.01. The van der Waals surface area contributed by atoms with E-state index in [0.29, 0.717) is 17.2 Å². The number of para-hydroxylation sites is 1. The highest BCUT2D eigenvalue weighted by Gasteiger charge is 2.28. The van der Waals surface area contributed by atoms with Crippen LogP contribution in [-0.2, 0) is 21.4 Å². The van der Waals surface area contributed by atoms with Crippen LogP contribution >= 0.6 is 0 Å². The Morgan fingerprint density at radius 2 is 1.50 bits per heavy atom. The lowest BCUT2D eigenvalue weighted by atomic mass is 10.2. The number of carbonyl (C=O) groups is 1. The summed E-state index contributed by atoms with van der Waals surface area (Å²) in [7, 11) is 0.345. The van der Waals surface area contributed by atoms with E-state index in [0.717, 1.165) is 15.4 Å². The molecule has 1 amide bonds. The standard InChI is InChI=1S/C25H28N2O6S/c1-18-9-11-20(12-10-18)27(17-25(28)26-16-19-7-5-6-8-22(19)31-2)34(29,30)21-13-14-23(32-3)24(15-21)33-4/h5-15H,16-17H2,1-4H3,(H,26,28). The molecule has 3 aromatic carbocycles. The minimum absolute atomic E-state index is 0.0248. The summed E-state index contributed by atoms with van der Waals surface area (Å²) in [6.07, 6.45) is 0. The molecule has 1 N–H and O–H groups in total. The number of methoxy groups -OCH3 is 3. The van der Waals surface area contributed by atoms with Gasteiger partial charge in [-0.2, -0.15) is 0 Å². The first-order valence-electron chi connectivity index (χ1n) is 10.5. The highest BCUT2D eigenvalue weighted by Crippen LogP contribution is 2.32. The number of aryl methyl sites for hydroxylation is 1. The van der Waals surface area contributed by atoms with Gasteiger partial charge >= 0.3 is 0 Å². The van der Waals surface area contributed by atoms with Crippen molar-refractivity contribution in [3.8, 4) is 17.2 Å². The molecule has 0 saturated heterocycles. The summed E-state index contributed by atoms with van der Waals surface area (Å²) in [4.78, 5) is 12.8. The Labute approximate surface area is 200 Å². The van der Waals surface area contributed by atoms with Crippen LogP contribution in [-0.4, -0.2) is 42.2 Å². The number of rotatable bonds is 10. The number of anilines is 1. The molecular weight excluding hydrogens is 456 g/mol. The first-order valence-corrected chi connectivity index (χ1v) is 11.9. The largest absolute Gasteiger partial charge is 0.496 e. The van der Waals surface area contributed by atoms with Gasteiger partial charge in [-0.25, -0.2) is 8.42 Å². The molecule has 3 aromatic rings. The fraction of sp³-hybridized carbons (Fsp3) is 0.240. The maximum atomic E-state index is 13.6. The number of amides is 1. The zero-order valence-electron chi connectivity index (χ0n) is 19.6. The fourth-order valence-corrected chi connectivity index (χ4v) is 4.80. The third kappa shape index (κ3) is 5.60. The van der Waals surface area contributed by atoms with E-state index < -0.39 is 22.5 Å². The van der Waals surface area contributed by atoms with E-state index in [1.807, 2.05) is 25.1 Å². The highest BCUT2D eigenvalue weighted by molar-refractivity contribution is 7.92. The van der Waals surface area contributed by atoms with Crippen LogP contribution in [0, 0.1) is 6.92 Å². The summed E-state index contributed by atoms with van der Waals surface area (Å²) < 4.78 is 44.1. The van der Waals surface area contributed by atoms with Gasteiger partial charge < -0.3 is 19.5 Å². The maximum absolute atomic E-state index is 13.6. The van der Waals surface area contributed by atoms with Crippen molar-refractivity contribution in [1.29, 1.82) is 0 Å². The number of benzene rings is 3. The molecular formula is C25H28N2O6S. The summed E-state index contributed by atoms with van der Waals surface area (Å²) in [6, 6.07) is 18.5. The highest BCUT2D eigenvalue weighted by atomic mass is 32.2. The van der Waals surface area contributed by atoms with Crippen molar-refractivity contribution in [2.24, 2.45) is 0 Å². The van der Waals surface area contributed by atoms with E-state index in [1.54, 1.807) is 37.4 Å². The average molecular weight is 485 g/mol. The summed E-state index contributed by atoms with van der Waals surface area (Å²) in [5.41, 5.74) is 2.11. The molecule has 3 rings (SSSR count). The Morgan fingerprint density at radius 3 is 2.15 bits per heavy atom. The van der Waals surface area contributed by atoms with Gasteiger partial charge in [0.05, 0.1) is 31.9 Å². The van der Waals surface area contributed by atoms with Gasteiger partial charge in [-0.3, -0.25) is 9.10 Å². The number of nitrogens with zero attached hydrogens (tertiary/aromatic N) is 1. The van der Waals surface area contributed by atoms with E-state index in [-0.39, 0.29) is 17.2 Å². The number of nitrogens with one attached hydrogen (secondary N) is 1. The molecule has 0 radical (unpaired) electrons. The Morgan fingerprint density at radius 1 is 0.853 bits per heavy atom. The van der Waals surface area contributed by atoms with Crippen molar-refractivity contribution in [2.45, 2.75) is 18.4 Å². The van der Waals surface area contributed by atoms with Gasteiger partial charge in [-0.05, 0) is 37.3 Å². The number of carbonyl (C=O) groups excluding carboxylic acids is 1. The monoisotopic (exact) mass is 484 g/mol. The minimum atomic E-state index is -4.10. The number of hydrogen-bond acceptors (Lipinski definition) is 6. The summed E-state index contributed by atoms with van der Waals surface area (Å²) in [6.45, 7) is 1.69. The summed E-state index contributed by atoms with van der Waals surface area (Å²) in [5.74, 6) is 0.845. The lowest BCUT2D eigenvalue weighted by molar-refractivity contribution is -0.119. The predicted octanol–water partition coefficient (Wildman–Crippen LogP) is 3.53. The zero-order chi connectivity index (χ0) is 24.7. The van der Waals surface area contributed by atoms with Gasteiger partial charge in [0.25, 0.3) is 10.0 Å². The molecule has 0 aliphatic carbocycles. The first-order chi connectivity index (χ1) is 16.3. The first kappa shape index (κ1) is 24.9. The number of sulfonamides is 1. The van der Waals surface area contributed by atoms with Crippen molar-refractivity contribution < 1.29 is 27.4 Å². The van der Waals surface area contributed by atoms with Crippen LogP contribution in [0.15, 0.2) is 71.6 Å². The van der Waals surface area contributed by atoms with Crippen molar-refractivity contribution >= 4 is 21.6 Å². The van der Waals surface area contributed by atoms with Gasteiger partial charge in [-0.15, -0.1) is 0 Å². The molecule has 180 valence electrons. The van der Waals surface area contributed by atoms with Crippen LogP contribution in [0.5, 0.6) is 17.2 Å². The minimum Gasteiger partial charge on any atom is -0.496 e. The topological polar surface area (TPSA) is 94.2 Å². The lowest BCUT2D eigenvalue weighted by Gasteiger charge is -2.24. The zero-order valence-corrected chi connectivity index (χ0v) is 20.4. The quantitative estimate of drug-likeness (QED) is 0.473. The SMILES string of the molecule is COc1ccccc1CNC(=O)CN(c1ccc(C)cc1)S(=O)(=O)c1ccc(OC)c(OC)c1. The van der Waals surface area contributed by atoms with Gasteiger partial charge in [0.1, 0.15) is 12.3 Å². The summed E-state index contributed by atoms with van der Waals surface area (Å²) in [5, 5.41) is 2.78. The smallest absolute Gasteiger partial charge is 0.264 e. The second-order valence-corrected chi connectivity index (χ2v) is 9.31. The molecule has 0 fully saturated rings. The molecule has 0 spiro atoms. The molecule has 0 saturated carbocycles. The molecule has 0 heterocycles. The Bertz CT molecular complexity index is 1240. The number of hydrogen-bond donors (Lipinski definition) is 1. The van der Waals surface area contributed by atoms with Crippen LogP contribution < -0.4 is 23.8 Å². The third-order valence-corrected chi connectivity index (χ3v) is 6.99. The maximum Gasteiger partial charge on any atom is 0.264 e. The normalized spacial score (nSPS) is 10.9. The Balaban J connectivity index is 1.91. The van der Waals surface area contributed by atoms with Crippen molar-refractivity contribution in [2.75, 3.05) is 32.2 Å². The molecule has 0 atom stereocenters. The van der Waals surface area contributed by atoms with Gasteiger partial charge in [0, 0.05) is 18.2 Å². The van der Waals surface area contributed by atoms with Crippen molar-refractivity contribution in [3.05, 3.63) is 77.9 Å². The molecule has 9 heteroatoms. The molecule has 0 aromatic heterocycles. The average Bonchev–Trinajstić information content (AvgIpc) is 2.86. The van der Waals surface area contributed by atoms with Crippen LogP contribution in [0.2, 0.25) is 0 Å². The van der Waals surface area contributed by atoms with Gasteiger partial charge in [0.15, 0.2) is 11.5 Å². The Hall–Kier alpha value is -3.72. The third-order valence-electron chi connectivity index (χ3n) is 5.22. The lowest BCUT2D eigenvalue weighted by Crippen LogP contribution is -2.40. The molecule has 0 aliphatic heterocycles. The molecule has 0 unspecified atom stereocenters. The van der Waals surface area contributed by atoms with Gasteiger partial charge in [0.2, 0.25) is 5.91 Å².